The van der Waals surface area contributed by atoms with Crippen LogP contribution in [0.1, 0.15) is 33.4 Å². The monoisotopic (exact) mass is 639 g/mol. The van der Waals surface area contributed by atoms with Crippen LogP contribution in [0.5, 0.6) is 0 Å². The molecule has 1 atom stereocenters. The Bertz CT molecular complexity index is 2590. The molecule has 0 saturated heterocycles. The molecule has 0 bridgehead atoms. The summed E-state index contributed by atoms with van der Waals surface area (Å²) in [6.45, 7) is 0. The lowest BCUT2D eigenvalue weighted by Crippen LogP contribution is -2.35. The molecule has 8 aromatic rings. The van der Waals surface area contributed by atoms with E-state index in [-0.39, 0.29) is 0 Å². The summed E-state index contributed by atoms with van der Waals surface area (Å²) in [4.78, 5) is 0. The number of para-hydroxylation sites is 3. The van der Waals surface area contributed by atoms with Crippen LogP contribution in [0.15, 0.2) is 188 Å². The smallest absolute Gasteiger partial charge is 0.0742 e. The summed E-state index contributed by atoms with van der Waals surface area (Å²) >= 11 is 0. The van der Waals surface area contributed by atoms with Crippen LogP contribution in [-0.4, -0.2) is 16.0 Å². The van der Waals surface area contributed by atoms with Gasteiger partial charge in [-0.2, -0.15) is 0 Å². The molecule has 0 spiro atoms. The molecule has 1 unspecified atom stereocenters. The Morgan fingerprint density at radius 3 is 1.68 bits per heavy atom. The van der Waals surface area contributed by atoms with Gasteiger partial charge in [0.05, 0.1) is 33.6 Å². The van der Waals surface area contributed by atoms with Gasteiger partial charge in [-0.1, -0.05) is 164 Å². The van der Waals surface area contributed by atoms with Crippen molar-refractivity contribution in [3.05, 3.63) is 221 Å². The van der Waals surface area contributed by atoms with Gasteiger partial charge in [0.25, 0.3) is 0 Å². The first-order chi connectivity index (χ1) is 24.6. The van der Waals surface area contributed by atoms with Crippen LogP contribution in [0.25, 0.3) is 38.6 Å². The lowest BCUT2D eigenvalue weighted by Gasteiger charge is -2.41. The van der Waals surface area contributed by atoms with Gasteiger partial charge in [-0.25, -0.2) is 0 Å². The Kier molecular flexibility index (Phi) is 6.99. The van der Waals surface area contributed by atoms with Gasteiger partial charge in [0.1, 0.15) is 0 Å². The molecule has 0 saturated carbocycles. The van der Waals surface area contributed by atoms with E-state index in [4.69, 9.17) is 10.8 Å². The number of aromatic nitrogens is 1. The number of hydrogen-bond acceptors (Lipinski definition) is 2. The highest BCUT2D eigenvalue weighted by Crippen LogP contribution is 2.54. The van der Waals surface area contributed by atoms with Gasteiger partial charge in [0.2, 0.25) is 0 Å². The van der Waals surface area contributed by atoms with E-state index >= 15 is 0 Å². The fraction of sp³-hybridized carbons (Fsp3) is 0.0213. The van der Waals surface area contributed by atoms with Gasteiger partial charge in [0, 0.05) is 10.8 Å². The minimum Gasteiger partial charge on any atom is -0.309 e. The third-order valence-corrected chi connectivity index (χ3v) is 10.2. The summed E-state index contributed by atoms with van der Waals surface area (Å²) in [5, 5.41) is 19.5. The first-order valence-electron chi connectivity index (χ1n) is 16.9. The summed E-state index contributed by atoms with van der Waals surface area (Å²) < 4.78 is 2.46. The zero-order valence-corrected chi connectivity index (χ0v) is 27.3. The molecule has 1 aliphatic heterocycles. The van der Waals surface area contributed by atoms with Crippen molar-refractivity contribution in [3.63, 3.8) is 0 Å². The van der Waals surface area contributed by atoms with Crippen molar-refractivity contribution in [2.24, 2.45) is 0 Å². The van der Waals surface area contributed by atoms with Crippen molar-refractivity contribution in [2.45, 2.75) is 5.41 Å². The molecule has 0 amide bonds. The van der Waals surface area contributed by atoms with E-state index in [0.29, 0.717) is 11.4 Å². The van der Waals surface area contributed by atoms with Gasteiger partial charge in [0.15, 0.2) is 0 Å². The fourth-order valence-electron chi connectivity index (χ4n) is 7.91. The maximum Gasteiger partial charge on any atom is 0.0742 e. The van der Waals surface area contributed by atoms with E-state index in [1.54, 1.807) is 12.2 Å². The predicted molar refractivity (Wildman–Crippen MR) is 207 cm³/mol. The number of hydrogen-bond donors (Lipinski definition) is 2. The molecule has 0 aliphatic carbocycles. The van der Waals surface area contributed by atoms with E-state index in [2.05, 4.69) is 138 Å². The van der Waals surface area contributed by atoms with Gasteiger partial charge in [-0.15, -0.1) is 0 Å². The number of allylic oxidation sites excluding steroid dienone is 2. The van der Waals surface area contributed by atoms with Crippen LogP contribution in [0, 0.1) is 10.8 Å². The molecule has 236 valence electrons. The van der Waals surface area contributed by atoms with Crippen molar-refractivity contribution in [2.75, 3.05) is 0 Å². The normalized spacial score (nSPS) is 15.0. The standard InChI is InChI=1S/C47H33N3/c48-42(34-12-3-1-4-13-34)30-31-43(49)35-24-22-32(23-25-35)33-26-28-37(29-27-33)47(36-14-5-2-6-15-36)40-18-8-10-21-45(40)50-44-20-9-7-16-38(44)39-17-11-19-41(47)46(39)50/h1-31,48-49H/b31-30-,48-42?,49-43?. The summed E-state index contributed by atoms with van der Waals surface area (Å²) in [6, 6.07) is 62.1. The van der Waals surface area contributed by atoms with Crippen molar-refractivity contribution in [1.82, 2.24) is 4.57 Å². The maximum atomic E-state index is 8.61. The quantitative estimate of drug-likeness (QED) is 0.163. The maximum absolute atomic E-state index is 8.61. The van der Waals surface area contributed by atoms with Crippen LogP contribution >= 0.6 is 0 Å². The third kappa shape index (κ3) is 4.52. The van der Waals surface area contributed by atoms with Crippen molar-refractivity contribution >= 4 is 33.2 Å². The van der Waals surface area contributed by atoms with Gasteiger partial charge >= 0.3 is 0 Å². The molecule has 9 rings (SSSR count). The molecule has 2 N–H and O–H groups in total. The van der Waals surface area contributed by atoms with Crippen LogP contribution in [0.4, 0.5) is 0 Å². The average Bonchev–Trinajstić information content (AvgIpc) is 3.53. The Balaban J connectivity index is 1.14. The highest BCUT2D eigenvalue weighted by atomic mass is 15.0. The molecule has 0 fully saturated rings. The number of nitrogens with zero attached hydrogens (tertiary/aromatic N) is 1. The van der Waals surface area contributed by atoms with Crippen LogP contribution in [0.3, 0.4) is 0 Å². The SMILES string of the molecule is N=C(/C=C\C(=N)c1ccc(-c2ccc(C3(c4ccccc4)c4ccccc4-n4c5ccccc5c5cccc3c54)cc2)cc1)c1ccccc1. The Labute approximate surface area is 291 Å². The van der Waals surface area contributed by atoms with Crippen LogP contribution in [0.2, 0.25) is 0 Å². The molecular formula is C47H33N3. The zero-order chi connectivity index (χ0) is 33.7. The summed E-state index contributed by atoms with van der Waals surface area (Å²) in [5.74, 6) is 0. The van der Waals surface area contributed by atoms with E-state index in [1.165, 1.54) is 49.7 Å². The molecule has 3 heteroatoms. The van der Waals surface area contributed by atoms with Crippen LogP contribution < -0.4 is 0 Å². The summed E-state index contributed by atoms with van der Waals surface area (Å²) in [7, 11) is 0. The van der Waals surface area contributed by atoms with E-state index in [9.17, 15) is 0 Å². The Hall–Kier alpha value is -6.58. The molecular weight excluding hydrogens is 607 g/mol. The van der Waals surface area contributed by atoms with E-state index in [0.717, 1.165) is 22.3 Å². The second kappa shape index (κ2) is 11.8. The number of rotatable bonds is 7. The van der Waals surface area contributed by atoms with Crippen LogP contribution in [-0.2, 0) is 5.41 Å². The molecule has 50 heavy (non-hydrogen) atoms. The number of fused-ring (bicyclic) bond motifs is 5. The lowest BCUT2D eigenvalue weighted by molar-refractivity contribution is 0.728. The van der Waals surface area contributed by atoms with Crippen molar-refractivity contribution in [1.29, 1.82) is 10.8 Å². The second-order valence-electron chi connectivity index (χ2n) is 12.9. The Morgan fingerprint density at radius 1 is 0.440 bits per heavy atom. The molecule has 1 aromatic heterocycles. The molecule has 7 aromatic carbocycles. The number of benzene rings is 7. The summed E-state index contributed by atoms with van der Waals surface area (Å²) in [6.07, 6.45) is 3.39. The molecule has 0 radical (unpaired) electrons. The average molecular weight is 640 g/mol. The van der Waals surface area contributed by atoms with Gasteiger partial charge in [-0.05, 0) is 68.8 Å². The zero-order valence-electron chi connectivity index (χ0n) is 27.3. The summed E-state index contributed by atoms with van der Waals surface area (Å²) in [5.41, 5.74) is 12.8. The third-order valence-electron chi connectivity index (χ3n) is 10.2. The highest BCUT2D eigenvalue weighted by molar-refractivity contribution is 6.14. The topological polar surface area (TPSA) is 52.6 Å². The first-order valence-corrected chi connectivity index (χ1v) is 16.9. The highest BCUT2D eigenvalue weighted by Gasteiger charge is 2.45. The minimum atomic E-state index is -0.529. The molecule has 1 aliphatic rings. The minimum absolute atomic E-state index is 0.375. The largest absolute Gasteiger partial charge is 0.309 e. The van der Waals surface area contributed by atoms with E-state index < -0.39 is 5.41 Å². The lowest BCUT2D eigenvalue weighted by atomic mass is 9.63. The van der Waals surface area contributed by atoms with Crippen molar-refractivity contribution < 1.29 is 0 Å². The fourth-order valence-corrected chi connectivity index (χ4v) is 7.91. The van der Waals surface area contributed by atoms with E-state index in [1.807, 2.05) is 42.5 Å². The molecule has 2 heterocycles. The predicted octanol–water partition coefficient (Wildman–Crippen LogP) is 11.1. The van der Waals surface area contributed by atoms with Gasteiger partial charge < -0.3 is 15.4 Å². The van der Waals surface area contributed by atoms with Gasteiger partial charge in [-0.3, -0.25) is 0 Å². The van der Waals surface area contributed by atoms with Crippen molar-refractivity contribution in [3.8, 4) is 16.8 Å². The number of nitrogens with one attached hydrogen (secondary N) is 2. The first kappa shape index (κ1) is 29.6. The second-order valence-corrected chi connectivity index (χ2v) is 12.9. The molecule has 3 nitrogen and oxygen atoms in total. The Morgan fingerprint density at radius 2 is 0.960 bits per heavy atom.